The van der Waals surface area contributed by atoms with Crippen molar-refractivity contribution in [3.8, 4) is 5.75 Å². The molecule has 2 amide bonds. The van der Waals surface area contributed by atoms with Crippen molar-refractivity contribution in [2.75, 3.05) is 23.9 Å². The van der Waals surface area contributed by atoms with E-state index in [-0.39, 0.29) is 18.2 Å². The normalized spacial score (nSPS) is 16.1. The summed E-state index contributed by atoms with van der Waals surface area (Å²) in [6, 6.07) is 13.1. The standard InChI is InChI=1S/C21H20ClN3O3S/c1-3-11-24-18(13-19(26)23-15-6-4-5-14(22)12-15)20(27)25(21(24)29)16-7-9-17(28-2)10-8-16/h3-10,12,18H,1,11,13H2,2H3,(H,23,26)/t18-/m1/s1. The van der Waals surface area contributed by atoms with Crippen molar-refractivity contribution >= 4 is 52.1 Å². The smallest absolute Gasteiger partial charge is 0.256 e. The van der Waals surface area contributed by atoms with Gasteiger partial charge >= 0.3 is 0 Å². The van der Waals surface area contributed by atoms with Gasteiger partial charge in [0, 0.05) is 17.3 Å². The fraction of sp³-hybridized carbons (Fsp3) is 0.190. The second kappa shape index (κ2) is 9.07. The fourth-order valence-electron chi connectivity index (χ4n) is 3.10. The van der Waals surface area contributed by atoms with Gasteiger partial charge in [0.15, 0.2) is 5.11 Å². The van der Waals surface area contributed by atoms with Gasteiger partial charge in [-0.05, 0) is 54.7 Å². The molecule has 0 bridgehead atoms. The van der Waals surface area contributed by atoms with E-state index in [4.69, 9.17) is 28.6 Å². The lowest BCUT2D eigenvalue weighted by Gasteiger charge is -2.22. The van der Waals surface area contributed by atoms with E-state index in [0.29, 0.717) is 33.8 Å². The predicted molar refractivity (Wildman–Crippen MR) is 118 cm³/mol. The average Bonchev–Trinajstić information content (AvgIpc) is 2.92. The lowest BCUT2D eigenvalue weighted by molar-refractivity contribution is -0.124. The van der Waals surface area contributed by atoms with E-state index < -0.39 is 6.04 Å². The van der Waals surface area contributed by atoms with Crippen LogP contribution in [-0.4, -0.2) is 41.5 Å². The van der Waals surface area contributed by atoms with Gasteiger partial charge in [-0.3, -0.25) is 14.5 Å². The fourth-order valence-corrected chi connectivity index (χ4v) is 3.69. The summed E-state index contributed by atoms with van der Waals surface area (Å²) in [5.41, 5.74) is 1.19. The molecular weight excluding hydrogens is 410 g/mol. The van der Waals surface area contributed by atoms with Crippen molar-refractivity contribution in [1.29, 1.82) is 0 Å². The molecule has 0 saturated carbocycles. The first-order valence-electron chi connectivity index (χ1n) is 8.89. The highest BCUT2D eigenvalue weighted by Gasteiger charge is 2.43. The van der Waals surface area contributed by atoms with Crippen LogP contribution < -0.4 is 15.0 Å². The number of halogens is 1. The number of amides is 2. The molecule has 0 spiro atoms. The van der Waals surface area contributed by atoms with Crippen LogP contribution in [0.5, 0.6) is 5.75 Å². The number of hydrogen-bond acceptors (Lipinski definition) is 4. The Morgan fingerprint density at radius 3 is 2.66 bits per heavy atom. The number of benzene rings is 2. The molecule has 0 aliphatic carbocycles. The highest BCUT2D eigenvalue weighted by atomic mass is 35.5. The summed E-state index contributed by atoms with van der Waals surface area (Å²) in [4.78, 5) is 28.8. The first-order chi connectivity index (χ1) is 13.9. The molecule has 1 aliphatic heterocycles. The Kier molecular flexibility index (Phi) is 6.51. The Balaban J connectivity index is 1.80. The van der Waals surface area contributed by atoms with Crippen LogP contribution >= 0.6 is 23.8 Å². The number of nitrogens with one attached hydrogen (secondary N) is 1. The van der Waals surface area contributed by atoms with Gasteiger partial charge < -0.3 is 15.0 Å². The van der Waals surface area contributed by atoms with E-state index in [9.17, 15) is 9.59 Å². The summed E-state index contributed by atoms with van der Waals surface area (Å²) < 4.78 is 5.16. The van der Waals surface area contributed by atoms with Crippen LogP contribution in [-0.2, 0) is 9.59 Å². The number of carbonyl (C=O) groups excluding carboxylic acids is 2. The number of methoxy groups -OCH3 is 1. The third kappa shape index (κ3) is 4.58. The molecule has 150 valence electrons. The summed E-state index contributed by atoms with van der Waals surface area (Å²) in [5.74, 6) is 0.106. The number of ether oxygens (including phenoxy) is 1. The number of hydrogen-bond donors (Lipinski definition) is 1. The van der Waals surface area contributed by atoms with Crippen molar-refractivity contribution in [3.63, 3.8) is 0 Å². The lowest BCUT2D eigenvalue weighted by Crippen LogP contribution is -2.37. The van der Waals surface area contributed by atoms with Crippen molar-refractivity contribution in [3.05, 3.63) is 66.2 Å². The maximum Gasteiger partial charge on any atom is 0.256 e. The van der Waals surface area contributed by atoms with E-state index in [1.807, 2.05) is 0 Å². The Bertz CT molecular complexity index is 948. The van der Waals surface area contributed by atoms with Gasteiger partial charge in [0.05, 0.1) is 19.2 Å². The molecule has 0 aromatic heterocycles. The van der Waals surface area contributed by atoms with E-state index >= 15 is 0 Å². The minimum Gasteiger partial charge on any atom is -0.497 e. The minimum absolute atomic E-state index is 0.0496. The topological polar surface area (TPSA) is 61.9 Å². The molecule has 1 heterocycles. The molecular formula is C21H20ClN3O3S. The van der Waals surface area contributed by atoms with Crippen molar-refractivity contribution in [2.24, 2.45) is 0 Å². The summed E-state index contributed by atoms with van der Waals surface area (Å²) in [7, 11) is 1.57. The van der Waals surface area contributed by atoms with Gasteiger partial charge in [0.1, 0.15) is 11.8 Å². The van der Waals surface area contributed by atoms with Crippen LogP contribution in [0.1, 0.15) is 6.42 Å². The van der Waals surface area contributed by atoms with Gasteiger partial charge in [0.25, 0.3) is 5.91 Å². The minimum atomic E-state index is -0.721. The van der Waals surface area contributed by atoms with Gasteiger partial charge in [-0.25, -0.2) is 0 Å². The summed E-state index contributed by atoms with van der Waals surface area (Å²) in [6.45, 7) is 4.09. The molecule has 3 rings (SSSR count). The quantitative estimate of drug-likeness (QED) is 0.534. The van der Waals surface area contributed by atoms with Crippen molar-refractivity contribution < 1.29 is 14.3 Å². The SMILES string of the molecule is C=CCN1C(=S)N(c2ccc(OC)cc2)C(=O)[C@H]1CC(=O)Nc1cccc(Cl)c1. The Hall–Kier alpha value is -2.90. The number of rotatable bonds is 7. The van der Waals surface area contributed by atoms with E-state index in [0.717, 1.165) is 0 Å². The summed E-state index contributed by atoms with van der Waals surface area (Å²) in [6.07, 6.45) is 1.60. The van der Waals surface area contributed by atoms with Crippen LogP contribution in [0.4, 0.5) is 11.4 Å². The van der Waals surface area contributed by atoms with E-state index in [2.05, 4.69) is 11.9 Å². The second-order valence-electron chi connectivity index (χ2n) is 6.37. The Morgan fingerprint density at radius 1 is 1.31 bits per heavy atom. The number of carbonyl (C=O) groups is 2. The molecule has 1 saturated heterocycles. The highest BCUT2D eigenvalue weighted by Crippen LogP contribution is 2.29. The molecule has 1 aliphatic rings. The maximum atomic E-state index is 13.1. The molecule has 2 aromatic rings. The van der Waals surface area contributed by atoms with Gasteiger partial charge in [-0.1, -0.05) is 23.7 Å². The monoisotopic (exact) mass is 429 g/mol. The van der Waals surface area contributed by atoms with Crippen molar-refractivity contribution in [1.82, 2.24) is 4.90 Å². The molecule has 1 atom stereocenters. The van der Waals surface area contributed by atoms with Crippen LogP contribution in [0, 0.1) is 0 Å². The summed E-state index contributed by atoms with van der Waals surface area (Å²) in [5, 5.41) is 3.62. The molecule has 1 fully saturated rings. The summed E-state index contributed by atoms with van der Waals surface area (Å²) >= 11 is 11.5. The van der Waals surface area contributed by atoms with Gasteiger partial charge in [0.2, 0.25) is 5.91 Å². The average molecular weight is 430 g/mol. The molecule has 0 unspecified atom stereocenters. The van der Waals surface area contributed by atoms with Crippen LogP contribution in [0.25, 0.3) is 0 Å². The van der Waals surface area contributed by atoms with Crippen molar-refractivity contribution in [2.45, 2.75) is 12.5 Å². The number of anilines is 2. The van der Waals surface area contributed by atoms with Gasteiger partial charge in [-0.15, -0.1) is 6.58 Å². The molecule has 2 aromatic carbocycles. The second-order valence-corrected chi connectivity index (χ2v) is 7.18. The largest absolute Gasteiger partial charge is 0.497 e. The number of nitrogens with zero attached hydrogens (tertiary/aromatic N) is 2. The first kappa shape index (κ1) is 20.8. The number of thiocarbonyl (C=S) groups is 1. The van der Waals surface area contributed by atoms with Crippen LogP contribution in [0.2, 0.25) is 5.02 Å². The maximum absolute atomic E-state index is 13.1. The van der Waals surface area contributed by atoms with Crippen LogP contribution in [0.3, 0.4) is 0 Å². The lowest BCUT2D eigenvalue weighted by atomic mass is 10.1. The zero-order valence-electron chi connectivity index (χ0n) is 15.8. The molecule has 1 N–H and O–H groups in total. The zero-order chi connectivity index (χ0) is 21.0. The Labute approximate surface area is 179 Å². The van der Waals surface area contributed by atoms with Gasteiger partial charge in [-0.2, -0.15) is 0 Å². The zero-order valence-corrected chi connectivity index (χ0v) is 17.4. The van der Waals surface area contributed by atoms with Crippen LogP contribution in [0.15, 0.2) is 61.2 Å². The highest BCUT2D eigenvalue weighted by molar-refractivity contribution is 7.80. The predicted octanol–water partition coefficient (Wildman–Crippen LogP) is 3.87. The molecule has 6 nitrogen and oxygen atoms in total. The molecule has 29 heavy (non-hydrogen) atoms. The third-order valence-corrected chi connectivity index (χ3v) is 5.11. The first-order valence-corrected chi connectivity index (χ1v) is 9.68. The Morgan fingerprint density at radius 2 is 2.03 bits per heavy atom. The third-order valence-electron chi connectivity index (χ3n) is 4.46. The molecule has 8 heteroatoms. The van der Waals surface area contributed by atoms with E-state index in [1.165, 1.54) is 4.90 Å². The molecule has 0 radical (unpaired) electrons. The van der Waals surface area contributed by atoms with E-state index in [1.54, 1.807) is 66.6 Å².